The van der Waals surface area contributed by atoms with E-state index in [0.29, 0.717) is 18.7 Å². The van der Waals surface area contributed by atoms with Gasteiger partial charge < -0.3 is 20.2 Å². The largest absolute Gasteiger partial charge is 0.444 e. The van der Waals surface area contributed by atoms with Crippen LogP contribution in [0.2, 0.25) is 0 Å². The summed E-state index contributed by atoms with van der Waals surface area (Å²) < 4.78 is 5.38. The van der Waals surface area contributed by atoms with Crippen molar-refractivity contribution in [3.63, 3.8) is 0 Å². The minimum absolute atomic E-state index is 0.234. The summed E-state index contributed by atoms with van der Waals surface area (Å²) in [5, 5.41) is 7.23. The third-order valence-corrected chi connectivity index (χ3v) is 4.53. The first-order valence-electron chi connectivity index (χ1n) is 10.7. The molecule has 0 aliphatic rings. The molecule has 2 aromatic rings. The van der Waals surface area contributed by atoms with Crippen LogP contribution in [0.3, 0.4) is 0 Å². The van der Waals surface area contributed by atoms with Crippen LogP contribution in [0.5, 0.6) is 0 Å². The third-order valence-electron chi connectivity index (χ3n) is 4.53. The molecule has 1 atom stereocenters. The number of hydrogen-bond donors (Lipinski definition) is 2. The predicted octanol–water partition coefficient (Wildman–Crippen LogP) is 5.17. The van der Waals surface area contributed by atoms with E-state index in [9.17, 15) is 9.59 Å². The van der Waals surface area contributed by atoms with Crippen molar-refractivity contribution in [3.8, 4) is 0 Å². The van der Waals surface area contributed by atoms with Crippen molar-refractivity contribution in [1.82, 2.24) is 15.3 Å². The van der Waals surface area contributed by atoms with E-state index in [4.69, 9.17) is 9.72 Å². The number of nitrogens with one attached hydrogen (secondary N) is 2. The molecule has 0 saturated carbocycles. The molecule has 0 spiro atoms. The number of para-hydroxylation sites is 1. The highest BCUT2D eigenvalue weighted by Gasteiger charge is 2.22. The van der Waals surface area contributed by atoms with Crippen LogP contribution in [-0.4, -0.2) is 34.0 Å². The fraction of sp³-hybridized carbons (Fsp3) is 0.565. The Kier molecular flexibility index (Phi) is 8.57. The predicted molar refractivity (Wildman–Crippen MR) is 120 cm³/mol. The first-order chi connectivity index (χ1) is 14.2. The lowest BCUT2D eigenvalue weighted by molar-refractivity contribution is -0.117. The Balaban J connectivity index is 2.14. The van der Waals surface area contributed by atoms with Crippen molar-refractivity contribution < 1.29 is 14.3 Å². The van der Waals surface area contributed by atoms with Crippen molar-refractivity contribution in [2.45, 2.75) is 78.4 Å². The van der Waals surface area contributed by atoms with Crippen LogP contribution in [0.4, 0.5) is 10.6 Å². The molecule has 7 heteroatoms. The number of nitrogens with zero attached hydrogens (tertiary/aromatic N) is 2. The van der Waals surface area contributed by atoms with E-state index in [2.05, 4.69) is 15.6 Å². The standard InChI is InChI=1S/C23H34N4O3/c1-6-18(26-22(29)30-23(3,4)5)21-25-19-14-10-9-13-17(19)20(27-21)24-15-11-7-8-12-16(2)28/h9-10,13-14,18H,6-8,11-12,15H2,1-5H3,(H,26,29)(H,24,25,27)/t18-/m0/s1. The molecule has 0 unspecified atom stereocenters. The molecule has 0 fully saturated rings. The highest BCUT2D eigenvalue weighted by Crippen LogP contribution is 2.24. The molecular formula is C23H34N4O3. The Morgan fingerprint density at radius 1 is 1.10 bits per heavy atom. The molecule has 1 heterocycles. The van der Waals surface area contributed by atoms with Crippen LogP contribution in [0.15, 0.2) is 24.3 Å². The Morgan fingerprint density at radius 3 is 2.50 bits per heavy atom. The number of rotatable bonds is 10. The minimum Gasteiger partial charge on any atom is -0.444 e. The molecule has 0 radical (unpaired) electrons. The fourth-order valence-electron chi connectivity index (χ4n) is 3.07. The van der Waals surface area contributed by atoms with Gasteiger partial charge in [-0.15, -0.1) is 0 Å². The van der Waals surface area contributed by atoms with Crippen molar-refractivity contribution in [2.24, 2.45) is 0 Å². The summed E-state index contributed by atoms with van der Waals surface area (Å²) in [6.45, 7) is 9.86. The van der Waals surface area contributed by atoms with E-state index in [1.165, 1.54) is 0 Å². The minimum atomic E-state index is -0.568. The SMILES string of the molecule is CC[C@H](NC(=O)OC(C)(C)C)c1nc(NCCCCCC(C)=O)c2ccccc2n1. The zero-order chi connectivity index (χ0) is 22.1. The topological polar surface area (TPSA) is 93.2 Å². The first kappa shape index (κ1) is 23.6. The molecule has 2 rings (SSSR count). The summed E-state index contributed by atoms with van der Waals surface area (Å²) in [5.41, 5.74) is 0.257. The lowest BCUT2D eigenvalue weighted by Crippen LogP contribution is -2.35. The number of carbonyl (C=O) groups is 2. The first-order valence-corrected chi connectivity index (χ1v) is 10.7. The smallest absolute Gasteiger partial charge is 0.408 e. The molecule has 30 heavy (non-hydrogen) atoms. The van der Waals surface area contributed by atoms with E-state index in [0.717, 1.165) is 42.5 Å². The molecule has 0 bridgehead atoms. The zero-order valence-corrected chi connectivity index (χ0v) is 18.7. The molecule has 1 aromatic heterocycles. The summed E-state index contributed by atoms with van der Waals surface area (Å²) in [5.74, 6) is 1.55. The van der Waals surface area contributed by atoms with Crippen LogP contribution in [0.25, 0.3) is 10.9 Å². The van der Waals surface area contributed by atoms with Gasteiger partial charge in [0.25, 0.3) is 0 Å². The van der Waals surface area contributed by atoms with E-state index in [-0.39, 0.29) is 11.8 Å². The number of benzene rings is 1. The van der Waals surface area contributed by atoms with Gasteiger partial charge in [0.15, 0.2) is 5.82 Å². The number of amides is 1. The van der Waals surface area contributed by atoms with Crippen LogP contribution in [0.1, 0.15) is 78.6 Å². The average molecular weight is 415 g/mol. The molecule has 0 aliphatic carbocycles. The van der Waals surface area contributed by atoms with Gasteiger partial charge in [-0.05, 0) is 59.1 Å². The second-order valence-corrected chi connectivity index (χ2v) is 8.49. The summed E-state index contributed by atoms with van der Waals surface area (Å²) in [7, 11) is 0. The quantitative estimate of drug-likeness (QED) is 0.521. The number of unbranched alkanes of at least 4 members (excludes halogenated alkanes) is 2. The number of fused-ring (bicyclic) bond motifs is 1. The fourth-order valence-corrected chi connectivity index (χ4v) is 3.07. The van der Waals surface area contributed by atoms with E-state index in [1.54, 1.807) is 6.92 Å². The van der Waals surface area contributed by atoms with Gasteiger partial charge in [0.2, 0.25) is 0 Å². The molecule has 2 N–H and O–H groups in total. The highest BCUT2D eigenvalue weighted by atomic mass is 16.6. The lowest BCUT2D eigenvalue weighted by Gasteiger charge is -2.23. The van der Waals surface area contributed by atoms with Crippen LogP contribution < -0.4 is 10.6 Å². The summed E-state index contributed by atoms with van der Waals surface area (Å²) in [4.78, 5) is 32.7. The number of ether oxygens (including phenoxy) is 1. The van der Waals surface area contributed by atoms with Gasteiger partial charge in [-0.3, -0.25) is 0 Å². The Bertz CT molecular complexity index is 861. The lowest BCUT2D eigenvalue weighted by atomic mass is 10.1. The van der Waals surface area contributed by atoms with E-state index >= 15 is 0 Å². The molecule has 164 valence electrons. The van der Waals surface area contributed by atoms with Crippen LogP contribution >= 0.6 is 0 Å². The maximum Gasteiger partial charge on any atom is 0.408 e. The van der Waals surface area contributed by atoms with Crippen molar-refractivity contribution in [3.05, 3.63) is 30.1 Å². The van der Waals surface area contributed by atoms with Gasteiger partial charge in [0.05, 0.1) is 11.6 Å². The van der Waals surface area contributed by atoms with E-state index < -0.39 is 11.7 Å². The monoisotopic (exact) mass is 414 g/mol. The van der Waals surface area contributed by atoms with Crippen LogP contribution in [0, 0.1) is 0 Å². The van der Waals surface area contributed by atoms with Crippen molar-refractivity contribution in [2.75, 3.05) is 11.9 Å². The Hall–Kier alpha value is -2.70. The number of aromatic nitrogens is 2. The Labute approximate surface area is 179 Å². The van der Waals surface area contributed by atoms with Gasteiger partial charge in [0.1, 0.15) is 17.2 Å². The summed E-state index contributed by atoms with van der Waals surface area (Å²) >= 11 is 0. The van der Waals surface area contributed by atoms with Crippen LogP contribution in [-0.2, 0) is 9.53 Å². The molecule has 1 amide bonds. The second kappa shape index (κ2) is 10.9. The molecule has 7 nitrogen and oxygen atoms in total. The average Bonchev–Trinajstić information content (AvgIpc) is 2.66. The molecule has 0 aliphatic heterocycles. The van der Waals surface area contributed by atoms with E-state index in [1.807, 2.05) is 52.0 Å². The molecule has 1 aromatic carbocycles. The summed E-state index contributed by atoms with van der Waals surface area (Å²) in [6.07, 6.45) is 3.64. The molecular weight excluding hydrogens is 380 g/mol. The Morgan fingerprint density at radius 2 is 1.83 bits per heavy atom. The third kappa shape index (κ3) is 7.61. The summed E-state index contributed by atoms with van der Waals surface area (Å²) in [6, 6.07) is 7.48. The highest BCUT2D eigenvalue weighted by molar-refractivity contribution is 5.89. The number of carbonyl (C=O) groups excluding carboxylic acids is 2. The second-order valence-electron chi connectivity index (χ2n) is 8.49. The van der Waals surface area contributed by atoms with Crippen molar-refractivity contribution >= 4 is 28.6 Å². The number of Topliss-reactive ketones (excluding diaryl/α,β-unsaturated/α-hetero) is 1. The number of anilines is 1. The van der Waals surface area contributed by atoms with Gasteiger partial charge in [-0.25, -0.2) is 14.8 Å². The number of ketones is 1. The number of alkyl carbamates (subject to hydrolysis) is 1. The van der Waals surface area contributed by atoms with Gasteiger partial charge in [-0.2, -0.15) is 0 Å². The maximum atomic E-state index is 12.2. The zero-order valence-electron chi connectivity index (χ0n) is 18.7. The molecule has 0 saturated heterocycles. The van der Waals surface area contributed by atoms with Gasteiger partial charge in [0, 0.05) is 18.4 Å². The van der Waals surface area contributed by atoms with Crippen molar-refractivity contribution in [1.29, 1.82) is 0 Å². The number of hydrogen-bond acceptors (Lipinski definition) is 6. The van der Waals surface area contributed by atoms with Gasteiger partial charge in [-0.1, -0.05) is 25.5 Å². The normalized spacial score (nSPS) is 12.4. The maximum absolute atomic E-state index is 12.2. The van der Waals surface area contributed by atoms with Gasteiger partial charge >= 0.3 is 6.09 Å².